The minimum absolute atomic E-state index is 0.0171. The summed E-state index contributed by atoms with van der Waals surface area (Å²) in [5.74, 6) is -0.934. The van der Waals surface area contributed by atoms with E-state index in [1.807, 2.05) is 6.07 Å². The summed E-state index contributed by atoms with van der Waals surface area (Å²) in [5.41, 5.74) is 8.47. The zero-order valence-corrected chi connectivity index (χ0v) is 19.0. The normalized spacial score (nSPS) is 10.6. The molecule has 1 heterocycles. The van der Waals surface area contributed by atoms with Crippen LogP contribution >= 0.6 is 0 Å². The SMILES string of the molecule is COc1cccc2c1c(C(N)=O)c(C(=O)OCCc1ccc(O)cc1)n2Cc1cccc(C#N)c1. The van der Waals surface area contributed by atoms with Crippen LogP contribution in [0.2, 0.25) is 0 Å². The van der Waals surface area contributed by atoms with Crippen molar-refractivity contribution in [3.63, 3.8) is 0 Å². The highest BCUT2D eigenvalue weighted by molar-refractivity contribution is 6.16. The molecule has 0 fully saturated rings. The summed E-state index contributed by atoms with van der Waals surface area (Å²) < 4.78 is 12.7. The Kier molecular flexibility index (Phi) is 6.69. The molecule has 4 rings (SSSR count). The van der Waals surface area contributed by atoms with Crippen molar-refractivity contribution in [2.75, 3.05) is 13.7 Å². The smallest absolute Gasteiger partial charge is 0.355 e. The van der Waals surface area contributed by atoms with Crippen molar-refractivity contribution in [3.8, 4) is 17.6 Å². The Labute approximate surface area is 201 Å². The first-order chi connectivity index (χ1) is 16.9. The molecule has 0 saturated heterocycles. The number of carbonyl (C=O) groups excluding carboxylic acids is 2. The fourth-order valence-corrected chi connectivity index (χ4v) is 4.07. The van der Waals surface area contributed by atoms with Gasteiger partial charge in [-0.1, -0.05) is 30.3 Å². The van der Waals surface area contributed by atoms with Gasteiger partial charge in [0.1, 0.15) is 17.2 Å². The summed E-state index contributed by atoms with van der Waals surface area (Å²) in [6.07, 6.45) is 0.422. The molecule has 0 bridgehead atoms. The summed E-state index contributed by atoms with van der Waals surface area (Å²) in [4.78, 5) is 25.9. The predicted octanol–water partition coefficient (Wildman–Crippen LogP) is 3.77. The molecule has 4 aromatic rings. The van der Waals surface area contributed by atoms with Crippen LogP contribution in [0.15, 0.2) is 66.7 Å². The van der Waals surface area contributed by atoms with Gasteiger partial charge in [-0.2, -0.15) is 5.26 Å². The number of amides is 1. The Hall–Kier alpha value is -4.77. The quantitative estimate of drug-likeness (QED) is 0.378. The minimum Gasteiger partial charge on any atom is -0.508 e. The highest BCUT2D eigenvalue weighted by Gasteiger charge is 2.29. The first kappa shape index (κ1) is 23.4. The number of nitriles is 1. The third kappa shape index (κ3) is 4.80. The van der Waals surface area contributed by atoms with E-state index in [1.54, 1.807) is 65.2 Å². The molecular weight excluding hydrogens is 446 g/mol. The average Bonchev–Trinajstić information content (AvgIpc) is 3.20. The van der Waals surface area contributed by atoms with Crippen LogP contribution in [0.3, 0.4) is 0 Å². The van der Waals surface area contributed by atoms with Crippen molar-refractivity contribution in [2.45, 2.75) is 13.0 Å². The summed E-state index contributed by atoms with van der Waals surface area (Å²) in [6.45, 7) is 0.263. The minimum atomic E-state index is -0.783. The van der Waals surface area contributed by atoms with Crippen LogP contribution in [0.25, 0.3) is 10.9 Å². The second-order valence-electron chi connectivity index (χ2n) is 7.89. The van der Waals surface area contributed by atoms with Crippen LogP contribution < -0.4 is 10.5 Å². The Morgan fingerprint density at radius 3 is 2.49 bits per heavy atom. The molecule has 0 saturated carbocycles. The van der Waals surface area contributed by atoms with E-state index in [2.05, 4.69) is 6.07 Å². The molecule has 0 unspecified atom stereocenters. The monoisotopic (exact) mass is 469 g/mol. The lowest BCUT2D eigenvalue weighted by Crippen LogP contribution is -2.21. The van der Waals surface area contributed by atoms with Crippen molar-refractivity contribution < 1.29 is 24.2 Å². The number of phenolic OH excluding ortho intramolecular Hbond substituents is 1. The summed E-state index contributed by atoms with van der Waals surface area (Å²) in [7, 11) is 1.48. The molecule has 1 aromatic heterocycles. The number of nitrogens with zero attached hydrogens (tertiary/aromatic N) is 2. The van der Waals surface area contributed by atoms with Gasteiger partial charge in [0.05, 0.1) is 41.8 Å². The number of hydrogen-bond acceptors (Lipinski definition) is 6. The van der Waals surface area contributed by atoms with Gasteiger partial charge in [0.2, 0.25) is 0 Å². The molecule has 0 spiro atoms. The van der Waals surface area contributed by atoms with Crippen LogP contribution in [0.1, 0.15) is 37.5 Å². The molecule has 0 aliphatic rings. The number of rotatable bonds is 8. The van der Waals surface area contributed by atoms with Gasteiger partial charge in [-0.15, -0.1) is 0 Å². The van der Waals surface area contributed by atoms with Crippen LogP contribution in [0, 0.1) is 11.3 Å². The third-order valence-electron chi connectivity index (χ3n) is 5.67. The van der Waals surface area contributed by atoms with Gasteiger partial charge in [0.25, 0.3) is 5.91 Å². The Morgan fingerprint density at radius 2 is 1.80 bits per heavy atom. The van der Waals surface area contributed by atoms with Gasteiger partial charge in [-0.05, 0) is 47.5 Å². The van der Waals surface area contributed by atoms with Crippen LogP contribution in [-0.2, 0) is 17.7 Å². The van der Waals surface area contributed by atoms with Gasteiger partial charge in [0.15, 0.2) is 0 Å². The number of nitrogens with two attached hydrogens (primary N) is 1. The van der Waals surface area contributed by atoms with Crippen molar-refractivity contribution >= 4 is 22.8 Å². The molecule has 1 amide bonds. The number of ether oxygens (including phenoxy) is 2. The summed E-state index contributed by atoms with van der Waals surface area (Å²) >= 11 is 0. The highest BCUT2D eigenvalue weighted by Crippen LogP contribution is 2.34. The third-order valence-corrected chi connectivity index (χ3v) is 5.67. The highest BCUT2D eigenvalue weighted by atomic mass is 16.5. The number of phenols is 1. The Bertz CT molecular complexity index is 1450. The number of primary amides is 1. The number of esters is 1. The number of aromatic hydroxyl groups is 1. The molecule has 35 heavy (non-hydrogen) atoms. The van der Waals surface area contributed by atoms with Crippen molar-refractivity contribution in [3.05, 3.63) is 94.7 Å². The van der Waals surface area contributed by atoms with E-state index in [0.717, 1.165) is 11.1 Å². The maximum absolute atomic E-state index is 13.3. The molecule has 3 aromatic carbocycles. The fraction of sp³-hybridized carbons (Fsp3) is 0.148. The maximum Gasteiger partial charge on any atom is 0.355 e. The molecule has 0 aliphatic carbocycles. The van der Waals surface area contributed by atoms with E-state index in [1.165, 1.54) is 7.11 Å². The molecule has 0 atom stereocenters. The van der Waals surface area contributed by atoms with Crippen LogP contribution in [0.5, 0.6) is 11.5 Å². The van der Waals surface area contributed by atoms with E-state index >= 15 is 0 Å². The van der Waals surface area contributed by atoms with Gasteiger partial charge < -0.3 is 24.9 Å². The van der Waals surface area contributed by atoms with Crippen molar-refractivity contribution in [1.82, 2.24) is 4.57 Å². The van der Waals surface area contributed by atoms with Crippen LogP contribution in [0.4, 0.5) is 0 Å². The van der Waals surface area contributed by atoms with E-state index in [0.29, 0.717) is 28.6 Å². The molecule has 0 radical (unpaired) electrons. The Balaban J connectivity index is 1.77. The second-order valence-corrected chi connectivity index (χ2v) is 7.89. The molecule has 8 nitrogen and oxygen atoms in total. The molecular formula is C27H23N3O5. The number of aromatic nitrogens is 1. The lowest BCUT2D eigenvalue weighted by Gasteiger charge is -2.12. The average molecular weight is 469 g/mol. The van der Waals surface area contributed by atoms with E-state index in [9.17, 15) is 20.0 Å². The standard InChI is InChI=1S/C27H23N3O5/c1-34-22-7-3-6-21-23(22)24(26(29)32)25(30(21)16-19-5-2-4-18(14-19)15-28)27(33)35-13-12-17-8-10-20(31)11-9-17/h2-11,14,31H,12-13,16H2,1H3,(H2,29,32). The lowest BCUT2D eigenvalue weighted by molar-refractivity contribution is 0.0494. The van der Waals surface area contributed by atoms with Gasteiger partial charge in [0, 0.05) is 13.0 Å². The molecule has 3 N–H and O–H groups in total. The first-order valence-electron chi connectivity index (χ1n) is 10.9. The number of benzene rings is 3. The van der Waals surface area contributed by atoms with E-state index in [-0.39, 0.29) is 30.2 Å². The van der Waals surface area contributed by atoms with Crippen molar-refractivity contribution in [2.24, 2.45) is 5.73 Å². The zero-order chi connectivity index (χ0) is 24.9. The van der Waals surface area contributed by atoms with E-state index < -0.39 is 11.9 Å². The largest absolute Gasteiger partial charge is 0.508 e. The molecule has 8 heteroatoms. The second kappa shape index (κ2) is 10.0. The summed E-state index contributed by atoms with van der Waals surface area (Å²) in [5, 5.41) is 19.1. The molecule has 176 valence electrons. The number of methoxy groups -OCH3 is 1. The number of carbonyl (C=O) groups is 2. The molecule has 0 aliphatic heterocycles. The first-order valence-corrected chi connectivity index (χ1v) is 10.9. The lowest BCUT2D eigenvalue weighted by atomic mass is 10.1. The van der Waals surface area contributed by atoms with Gasteiger partial charge in [-0.25, -0.2) is 4.79 Å². The summed E-state index contributed by atoms with van der Waals surface area (Å²) in [6, 6.07) is 20.9. The fourth-order valence-electron chi connectivity index (χ4n) is 4.07. The van der Waals surface area contributed by atoms with Crippen molar-refractivity contribution in [1.29, 1.82) is 5.26 Å². The van der Waals surface area contributed by atoms with E-state index in [4.69, 9.17) is 15.2 Å². The number of hydrogen-bond donors (Lipinski definition) is 2. The zero-order valence-electron chi connectivity index (χ0n) is 19.0. The Morgan fingerprint density at radius 1 is 1.06 bits per heavy atom. The predicted molar refractivity (Wildman–Crippen MR) is 129 cm³/mol. The van der Waals surface area contributed by atoms with Gasteiger partial charge >= 0.3 is 5.97 Å². The van der Waals surface area contributed by atoms with Gasteiger partial charge in [-0.3, -0.25) is 4.79 Å². The maximum atomic E-state index is 13.3. The number of fused-ring (bicyclic) bond motifs is 1. The van der Waals surface area contributed by atoms with Crippen LogP contribution in [-0.4, -0.2) is 35.3 Å². The topological polar surface area (TPSA) is 128 Å².